The molecule has 3 aromatic rings. The lowest BCUT2D eigenvalue weighted by Gasteiger charge is -2.26. The van der Waals surface area contributed by atoms with E-state index in [1.165, 1.54) is 0 Å². The number of ether oxygens (including phenoxy) is 1. The molecule has 33 heavy (non-hydrogen) atoms. The Bertz CT molecular complexity index is 1040. The first-order chi connectivity index (χ1) is 16.0. The van der Waals surface area contributed by atoms with Crippen LogP contribution < -0.4 is 9.64 Å². The van der Waals surface area contributed by atoms with Crippen LogP contribution in [0.2, 0.25) is 0 Å². The fourth-order valence-corrected chi connectivity index (χ4v) is 3.89. The summed E-state index contributed by atoms with van der Waals surface area (Å²) in [6.07, 6.45) is 2.19. The van der Waals surface area contributed by atoms with Crippen molar-refractivity contribution in [1.29, 1.82) is 0 Å². The minimum atomic E-state index is 0.0620. The lowest BCUT2D eigenvalue weighted by Crippen LogP contribution is -2.37. The molecule has 0 aliphatic carbocycles. The van der Waals surface area contributed by atoms with E-state index >= 15 is 0 Å². The average Bonchev–Trinajstić information content (AvgIpc) is 2.86. The van der Waals surface area contributed by atoms with Gasteiger partial charge < -0.3 is 14.5 Å². The minimum Gasteiger partial charge on any atom is -0.497 e. The second-order valence-electron chi connectivity index (χ2n) is 7.94. The van der Waals surface area contributed by atoms with Crippen LogP contribution >= 0.6 is 0 Å². The van der Waals surface area contributed by atoms with E-state index in [-0.39, 0.29) is 5.91 Å². The fourth-order valence-electron chi connectivity index (χ4n) is 3.89. The zero-order valence-electron chi connectivity index (χ0n) is 20.1. The van der Waals surface area contributed by atoms with Crippen LogP contribution in [-0.4, -0.2) is 44.1 Å². The molecule has 0 unspecified atom stereocenters. The zero-order valence-corrected chi connectivity index (χ0v) is 20.1. The number of anilines is 1. The van der Waals surface area contributed by atoms with Gasteiger partial charge in [0.2, 0.25) is 5.91 Å². The van der Waals surface area contributed by atoms with Crippen LogP contribution in [0.3, 0.4) is 0 Å². The minimum absolute atomic E-state index is 0.0620. The Labute approximate surface area is 198 Å². The summed E-state index contributed by atoms with van der Waals surface area (Å²) >= 11 is 0. The van der Waals surface area contributed by atoms with Gasteiger partial charge in [0.15, 0.2) is 0 Å². The Morgan fingerprint density at radius 3 is 1.97 bits per heavy atom. The highest BCUT2D eigenvalue weighted by molar-refractivity contribution is 5.94. The Morgan fingerprint density at radius 2 is 1.42 bits per heavy atom. The molecule has 0 heterocycles. The molecule has 0 aliphatic rings. The third-order valence-electron chi connectivity index (χ3n) is 5.92. The molecule has 172 valence electrons. The molecule has 0 radical (unpaired) electrons. The summed E-state index contributed by atoms with van der Waals surface area (Å²) < 4.78 is 5.29. The van der Waals surface area contributed by atoms with Crippen molar-refractivity contribution in [3.8, 4) is 5.75 Å². The third kappa shape index (κ3) is 6.56. The van der Waals surface area contributed by atoms with Gasteiger partial charge in [-0.3, -0.25) is 4.79 Å². The Hall–Kier alpha value is -3.37. The van der Waals surface area contributed by atoms with Crippen molar-refractivity contribution in [1.82, 2.24) is 4.90 Å². The number of benzene rings is 3. The van der Waals surface area contributed by atoms with Crippen LogP contribution in [0.4, 0.5) is 5.69 Å². The van der Waals surface area contributed by atoms with E-state index in [1.54, 1.807) is 14.0 Å². The number of nitrogens with zero attached hydrogens (tertiary/aromatic N) is 2. The highest BCUT2D eigenvalue weighted by atomic mass is 16.5. The van der Waals surface area contributed by atoms with E-state index < -0.39 is 0 Å². The van der Waals surface area contributed by atoms with Crippen molar-refractivity contribution >= 4 is 23.2 Å². The van der Waals surface area contributed by atoms with Crippen molar-refractivity contribution in [3.05, 3.63) is 95.6 Å². The molecule has 3 rings (SSSR count). The van der Waals surface area contributed by atoms with Crippen molar-refractivity contribution in [2.45, 2.75) is 20.8 Å². The van der Waals surface area contributed by atoms with Crippen molar-refractivity contribution < 1.29 is 9.53 Å². The van der Waals surface area contributed by atoms with Gasteiger partial charge in [-0.15, -0.1) is 0 Å². The summed E-state index contributed by atoms with van der Waals surface area (Å²) in [5, 5.41) is 0. The quantitative estimate of drug-likeness (QED) is 0.362. The number of rotatable bonds is 10. The molecular weight excluding hydrogens is 408 g/mol. The molecule has 0 aliphatic heterocycles. The average molecular weight is 443 g/mol. The van der Waals surface area contributed by atoms with E-state index in [4.69, 9.17) is 4.74 Å². The van der Waals surface area contributed by atoms with Crippen molar-refractivity contribution in [2.24, 2.45) is 0 Å². The first-order valence-electron chi connectivity index (χ1n) is 11.6. The van der Waals surface area contributed by atoms with Gasteiger partial charge in [0.25, 0.3) is 0 Å². The fraction of sp³-hybridized carbons (Fsp3) is 0.276. The molecule has 0 N–H and O–H groups in total. The number of carbonyl (C=O) groups is 1. The lowest BCUT2D eigenvalue weighted by atomic mass is 9.95. The Morgan fingerprint density at radius 1 is 0.818 bits per heavy atom. The van der Waals surface area contributed by atoms with E-state index in [2.05, 4.69) is 73.4 Å². The number of likely N-dealkylation sites (N-methyl/N-ethyl adjacent to an activating group) is 1. The molecule has 3 aromatic carbocycles. The first-order valence-corrected chi connectivity index (χ1v) is 11.6. The lowest BCUT2D eigenvalue weighted by molar-refractivity contribution is -0.116. The van der Waals surface area contributed by atoms with Gasteiger partial charge in [0.05, 0.1) is 7.11 Å². The maximum Gasteiger partial charge on any atom is 0.223 e. The number of hydrogen-bond donors (Lipinski definition) is 0. The maximum absolute atomic E-state index is 12.4. The molecule has 4 heteroatoms. The van der Waals surface area contributed by atoms with E-state index in [0.717, 1.165) is 53.3 Å². The number of amides is 1. The standard InChI is InChI=1S/C29H34N2O2/c1-5-30(6-2)20-21-31(23(3)32)27-16-14-26(15-17-27)29(25-10-8-7-9-11-25)22-24-12-18-28(33-4)19-13-24/h7-19,22H,5-6,20-21H2,1-4H3. The molecule has 0 saturated heterocycles. The van der Waals surface area contributed by atoms with Crippen LogP contribution in [0.25, 0.3) is 11.6 Å². The second kappa shape index (κ2) is 12.0. The predicted octanol–water partition coefficient (Wildman–Crippen LogP) is 5.98. The Kier molecular flexibility index (Phi) is 8.85. The van der Waals surface area contributed by atoms with Crippen LogP contribution in [0.1, 0.15) is 37.5 Å². The summed E-state index contributed by atoms with van der Waals surface area (Å²) in [5.41, 5.74) is 5.41. The van der Waals surface area contributed by atoms with Gasteiger partial charge in [-0.1, -0.05) is 68.4 Å². The second-order valence-corrected chi connectivity index (χ2v) is 7.94. The first kappa shape index (κ1) is 24.3. The van der Waals surface area contributed by atoms with Crippen LogP contribution in [-0.2, 0) is 4.79 Å². The monoisotopic (exact) mass is 442 g/mol. The van der Waals surface area contributed by atoms with Crippen LogP contribution in [0.5, 0.6) is 5.75 Å². The Balaban J connectivity index is 1.91. The predicted molar refractivity (Wildman–Crippen MR) is 139 cm³/mol. The van der Waals surface area contributed by atoms with E-state index in [0.29, 0.717) is 6.54 Å². The molecule has 1 amide bonds. The molecule has 0 bridgehead atoms. The smallest absolute Gasteiger partial charge is 0.223 e. The molecule has 0 aromatic heterocycles. The zero-order chi connectivity index (χ0) is 23.6. The van der Waals surface area contributed by atoms with Gasteiger partial charge in [-0.2, -0.15) is 0 Å². The van der Waals surface area contributed by atoms with Crippen LogP contribution in [0.15, 0.2) is 78.9 Å². The number of carbonyl (C=O) groups excluding carboxylic acids is 1. The summed E-state index contributed by atoms with van der Waals surface area (Å²) in [6, 6.07) is 26.7. The normalized spacial score (nSPS) is 11.5. The number of methoxy groups -OCH3 is 1. The van der Waals surface area contributed by atoms with E-state index in [1.807, 2.05) is 35.2 Å². The maximum atomic E-state index is 12.4. The molecule has 0 atom stereocenters. The van der Waals surface area contributed by atoms with Crippen molar-refractivity contribution in [3.63, 3.8) is 0 Å². The van der Waals surface area contributed by atoms with Gasteiger partial charge >= 0.3 is 0 Å². The van der Waals surface area contributed by atoms with Gasteiger partial charge in [0, 0.05) is 25.7 Å². The SMILES string of the molecule is CCN(CC)CCN(C(C)=O)c1ccc(C(=Cc2ccc(OC)cc2)c2ccccc2)cc1. The van der Waals surface area contributed by atoms with E-state index in [9.17, 15) is 4.79 Å². The molecule has 0 spiro atoms. The summed E-state index contributed by atoms with van der Waals surface area (Å²) in [4.78, 5) is 16.5. The molecular formula is C29H34N2O2. The molecule has 0 fully saturated rings. The molecule has 4 nitrogen and oxygen atoms in total. The van der Waals surface area contributed by atoms with Crippen LogP contribution in [0, 0.1) is 0 Å². The topological polar surface area (TPSA) is 32.8 Å². The summed E-state index contributed by atoms with van der Waals surface area (Å²) in [5.74, 6) is 0.902. The number of hydrogen-bond acceptors (Lipinski definition) is 3. The van der Waals surface area contributed by atoms with Gasteiger partial charge in [-0.25, -0.2) is 0 Å². The highest BCUT2D eigenvalue weighted by Crippen LogP contribution is 2.28. The summed E-state index contributed by atoms with van der Waals surface area (Å²) in [6.45, 7) is 9.45. The van der Waals surface area contributed by atoms with Crippen molar-refractivity contribution in [2.75, 3.05) is 38.2 Å². The largest absolute Gasteiger partial charge is 0.497 e. The molecule has 0 saturated carbocycles. The summed E-state index contributed by atoms with van der Waals surface area (Å²) in [7, 11) is 1.67. The third-order valence-corrected chi connectivity index (χ3v) is 5.92. The van der Waals surface area contributed by atoms with Gasteiger partial charge in [-0.05, 0) is 65.7 Å². The van der Waals surface area contributed by atoms with Gasteiger partial charge in [0.1, 0.15) is 5.75 Å². The highest BCUT2D eigenvalue weighted by Gasteiger charge is 2.14.